The number of aryl methyl sites for hydroxylation is 2. The van der Waals surface area contributed by atoms with E-state index < -0.39 is 5.54 Å². The number of carbonyl (C=O) groups is 1. The molecule has 1 aromatic rings. The molecule has 1 aliphatic rings. The number of carbonyl (C=O) groups excluding carboxylic acids is 1. The molecular formula is C14H26Cl2N4O2. The first kappa shape index (κ1) is 21.2. The molecule has 0 aliphatic carbocycles. The molecule has 0 aromatic carbocycles. The van der Waals surface area contributed by atoms with Gasteiger partial charge in [0.15, 0.2) is 0 Å². The molecule has 2 heterocycles. The molecular weight excluding hydrogens is 327 g/mol. The smallest absolute Gasteiger partial charge is 0.242 e. The van der Waals surface area contributed by atoms with Crippen LogP contribution in [0.2, 0.25) is 0 Å². The standard InChI is InChI=1S/C14H24N4O2.2ClH/c1-10-7-11(2)18(16-10)9-12-8-17(5-6-20-12)13(19)14(3,4)15;;/h7,12H,5-6,8-9,15H2,1-4H3;2*1H. The minimum absolute atomic E-state index is 0. The van der Waals surface area contributed by atoms with Gasteiger partial charge in [-0.25, -0.2) is 0 Å². The Balaban J connectivity index is 0.00000220. The first-order valence-corrected chi connectivity index (χ1v) is 6.98. The van der Waals surface area contributed by atoms with Crippen LogP contribution in [-0.2, 0) is 16.1 Å². The Kier molecular flexibility index (Phi) is 7.85. The van der Waals surface area contributed by atoms with Crippen molar-refractivity contribution in [1.29, 1.82) is 0 Å². The number of hydrogen-bond acceptors (Lipinski definition) is 4. The third-order valence-corrected chi connectivity index (χ3v) is 3.46. The molecule has 1 atom stereocenters. The van der Waals surface area contributed by atoms with Gasteiger partial charge in [0.25, 0.3) is 0 Å². The summed E-state index contributed by atoms with van der Waals surface area (Å²) >= 11 is 0. The topological polar surface area (TPSA) is 73.4 Å². The summed E-state index contributed by atoms with van der Waals surface area (Å²) in [6, 6.07) is 2.04. The second kappa shape index (κ2) is 8.15. The quantitative estimate of drug-likeness (QED) is 0.889. The van der Waals surface area contributed by atoms with Crippen LogP contribution in [0.1, 0.15) is 25.2 Å². The van der Waals surface area contributed by atoms with E-state index in [-0.39, 0.29) is 36.8 Å². The molecule has 0 spiro atoms. The third-order valence-electron chi connectivity index (χ3n) is 3.46. The van der Waals surface area contributed by atoms with E-state index in [2.05, 4.69) is 5.10 Å². The van der Waals surface area contributed by atoms with Crippen molar-refractivity contribution in [3.8, 4) is 0 Å². The molecule has 2 rings (SSSR count). The van der Waals surface area contributed by atoms with E-state index in [1.165, 1.54) is 0 Å². The molecule has 6 nitrogen and oxygen atoms in total. The van der Waals surface area contributed by atoms with Crippen molar-refractivity contribution in [2.45, 2.75) is 45.9 Å². The van der Waals surface area contributed by atoms with Gasteiger partial charge in [0, 0.05) is 18.8 Å². The molecule has 1 aromatic heterocycles. The van der Waals surface area contributed by atoms with Crippen LogP contribution >= 0.6 is 24.8 Å². The Morgan fingerprint density at radius 3 is 2.59 bits per heavy atom. The normalized spacial score (nSPS) is 18.4. The van der Waals surface area contributed by atoms with Crippen LogP contribution in [-0.4, -0.2) is 51.9 Å². The second-order valence-electron chi connectivity index (χ2n) is 6.07. The molecule has 22 heavy (non-hydrogen) atoms. The summed E-state index contributed by atoms with van der Waals surface area (Å²) in [4.78, 5) is 14.0. The lowest BCUT2D eigenvalue weighted by Crippen LogP contribution is -2.56. The lowest BCUT2D eigenvalue weighted by Gasteiger charge is -2.36. The number of nitrogens with two attached hydrogens (primary N) is 1. The number of halogens is 2. The number of ether oxygens (including phenoxy) is 1. The van der Waals surface area contributed by atoms with Gasteiger partial charge in [-0.3, -0.25) is 9.48 Å². The average Bonchev–Trinajstić information content (AvgIpc) is 2.66. The molecule has 128 valence electrons. The Bertz CT molecular complexity index is 500. The first-order chi connectivity index (χ1) is 9.27. The summed E-state index contributed by atoms with van der Waals surface area (Å²) in [5.74, 6) is -0.0285. The van der Waals surface area contributed by atoms with E-state index in [1.807, 2.05) is 24.6 Å². The van der Waals surface area contributed by atoms with Crippen molar-refractivity contribution in [3.05, 3.63) is 17.5 Å². The van der Waals surface area contributed by atoms with Crippen LogP contribution in [0.4, 0.5) is 0 Å². The largest absolute Gasteiger partial charge is 0.373 e. The maximum absolute atomic E-state index is 12.2. The lowest BCUT2D eigenvalue weighted by molar-refractivity contribution is -0.143. The molecule has 8 heteroatoms. The van der Waals surface area contributed by atoms with Crippen molar-refractivity contribution < 1.29 is 9.53 Å². The highest BCUT2D eigenvalue weighted by molar-refractivity contribution is 5.86. The van der Waals surface area contributed by atoms with E-state index in [9.17, 15) is 4.79 Å². The minimum atomic E-state index is -0.833. The van der Waals surface area contributed by atoms with Gasteiger partial charge < -0.3 is 15.4 Å². The van der Waals surface area contributed by atoms with Crippen LogP contribution in [0, 0.1) is 13.8 Å². The summed E-state index contributed by atoms with van der Waals surface area (Å²) in [5, 5.41) is 4.43. The van der Waals surface area contributed by atoms with E-state index in [1.54, 1.807) is 18.7 Å². The Hall–Kier alpha value is -0.820. The Morgan fingerprint density at radius 1 is 1.45 bits per heavy atom. The summed E-state index contributed by atoms with van der Waals surface area (Å²) < 4.78 is 7.68. The van der Waals surface area contributed by atoms with E-state index in [4.69, 9.17) is 10.5 Å². The van der Waals surface area contributed by atoms with Crippen molar-refractivity contribution in [1.82, 2.24) is 14.7 Å². The Morgan fingerprint density at radius 2 is 2.09 bits per heavy atom. The van der Waals surface area contributed by atoms with E-state index in [0.29, 0.717) is 26.2 Å². The van der Waals surface area contributed by atoms with Gasteiger partial charge in [0.2, 0.25) is 5.91 Å². The predicted molar refractivity (Wildman–Crippen MR) is 90.8 cm³/mol. The number of hydrogen-bond donors (Lipinski definition) is 1. The van der Waals surface area contributed by atoms with Crippen LogP contribution in [0.3, 0.4) is 0 Å². The molecule has 1 fully saturated rings. The SMILES string of the molecule is Cc1cc(C)n(CC2CN(C(=O)C(C)(C)N)CCO2)n1.Cl.Cl. The number of nitrogens with zero attached hydrogens (tertiary/aromatic N) is 3. The number of aromatic nitrogens is 2. The van der Waals surface area contributed by atoms with Crippen LogP contribution in [0.5, 0.6) is 0 Å². The fourth-order valence-electron chi connectivity index (χ4n) is 2.47. The van der Waals surface area contributed by atoms with Crippen molar-refractivity contribution in [2.75, 3.05) is 19.7 Å². The molecule has 0 radical (unpaired) electrons. The highest BCUT2D eigenvalue weighted by atomic mass is 35.5. The van der Waals surface area contributed by atoms with Crippen LogP contribution in [0.25, 0.3) is 0 Å². The third kappa shape index (κ3) is 5.12. The predicted octanol–water partition coefficient (Wildman–Crippen LogP) is 1.31. The number of amides is 1. The summed E-state index contributed by atoms with van der Waals surface area (Å²) in [6.07, 6.45) is -0.0342. The molecule has 1 amide bonds. The molecule has 1 unspecified atom stereocenters. The van der Waals surface area contributed by atoms with Crippen molar-refractivity contribution in [3.63, 3.8) is 0 Å². The van der Waals surface area contributed by atoms with Crippen LogP contribution < -0.4 is 5.73 Å². The van der Waals surface area contributed by atoms with Gasteiger partial charge in [-0.15, -0.1) is 24.8 Å². The van der Waals surface area contributed by atoms with Crippen molar-refractivity contribution in [2.24, 2.45) is 5.73 Å². The average molecular weight is 353 g/mol. The van der Waals surface area contributed by atoms with Gasteiger partial charge in [0.05, 0.1) is 30.5 Å². The summed E-state index contributed by atoms with van der Waals surface area (Å²) in [5.41, 5.74) is 7.15. The van der Waals surface area contributed by atoms with Gasteiger partial charge >= 0.3 is 0 Å². The number of morpholine rings is 1. The van der Waals surface area contributed by atoms with Gasteiger partial charge in [-0.2, -0.15) is 5.10 Å². The lowest BCUT2D eigenvalue weighted by atomic mass is 10.0. The van der Waals surface area contributed by atoms with Gasteiger partial charge in [-0.05, 0) is 33.8 Å². The van der Waals surface area contributed by atoms with Crippen molar-refractivity contribution >= 4 is 30.7 Å². The van der Waals surface area contributed by atoms with E-state index >= 15 is 0 Å². The fourth-order valence-corrected chi connectivity index (χ4v) is 2.47. The first-order valence-electron chi connectivity index (χ1n) is 6.98. The van der Waals surface area contributed by atoms with Gasteiger partial charge in [0.1, 0.15) is 0 Å². The molecule has 0 saturated carbocycles. The second-order valence-corrected chi connectivity index (χ2v) is 6.07. The Labute approximate surface area is 144 Å². The number of rotatable bonds is 3. The molecule has 1 saturated heterocycles. The maximum atomic E-state index is 12.2. The highest BCUT2D eigenvalue weighted by Gasteiger charge is 2.32. The molecule has 1 aliphatic heterocycles. The zero-order valence-electron chi connectivity index (χ0n) is 13.5. The monoisotopic (exact) mass is 352 g/mol. The zero-order valence-corrected chi connectivity index (χ0v) is 15.2. The zero-order chi connectivity index (χ0) is 14.9. The summed E-state index contributed by atoms with van der Waals surface area (Å²) in [7, 11) is 0. The fraction of sp³-hybridized carbons (Fsp3) is 0.714. The van der Waals surface area contributed by atoms with E-state index in [0.717, 1.165) is 11.4 Å². The minimum Gasteiger partial charge on any atom is -0.373 e. The summed E-state index contributed by atoms with van der Waals surface area (Å²) in [6.45, 7) is 9.85. The van der Waals surface area contributed by atoms with Crippen LogP contribution in [0.15, 0.2) is 6.07 Å². The molecule has 0 bridgehead atoms. The van der Waals surface area contributed by atoms with Gasteiger partial charge in [-0.1, -0.05) is 0 Å². The molecule has 2 N–H and O–H groups in total. The highest BCUT2D eigenvalue weighted by Crippen LogP contribution is 2.13. The maximum Gasteiger partial charge on any atom is 0.242 e.